The van der Waals surface area contributed by atoms with Gasteiger partial charge < -0.3 is 9.16 Å². The number of azide groups is 1. The maximum absolute atomic E-state index is 14.5. The molecule has 9 heteroatoms. The second kappa shape index (κ2) is 8.29. The number of carbonyl (C=O) groups is 1. The number of hydrogen-bond acceptors (Lipinski definition) is 4. The van der Waals surface area contributed by atoms with Crippen LogP contribution in [0.25, 0.3) is 10.4 Å². The van der Waals surface area contributed by atoms with Crippen LogP contribution in [0.15, 0.2) is 23.3 Å². The Balaban J connectivity index is 1.99. The predicted octanol–water partition coefficient (Wildman–Crippen LogP) is 5.03. The van der Waals surface area contributed by atoms with Crippen LogP contribution in [0.3, 0.4) is 0 Å². The van der Waals surface area contributed by atoms with E-state index in [0.717, 1.165) is 0 Å². The summed E-state index contributed by atoms with van der Waals surface area (Å²) in [6.07, 6.45) is -0.613. The second-order valence-corrected chi connectivity index (χ2v) is 13.0. The minimum atomic E-state index is -1.86. The topological polar surface area (TPSA) is 87.5 Å². The summed E-state index contributed by atoms with van der Waals surface area (Å²) in [5.41, 5.74) is 9.33. The van der Waals surface area contributed by atoms with Gasteiger partial charge in [0.05, 0.1) is 18.8 Å². The lowest BCUT2D eigenvalue weighted by atomic mass is 10.1. The molecule has 0 aromatic heterocycles. The summed E-state index contributed by atoms with van der Waals surface area (Å²) in [5.74, 6) is -0.377. The molecule has 1 fully saturated rings. The Kier molecular flexibility index (Phi) is 6.51. The number of cyclic esters (lactones) is 1. The molecular weight excluding hydrogens is 367 g/mol. The maximum Gasteiger partial charge on any atom is 0.414 e. The highest BCUT2D eigenvalue weighted by atomic mass is 28.4. The molecule has 1 aromatic carbocycles. The molecule has 1 aliphatic rings. The number of amides is 1. The van der Waals surface area contributed by atoms with E-state index in [9.17, 15) is 9.18 Å². The zero-order valence-electron chi connectivity index (χ0n) is 16.5. The van der Waals surface area contributed by atoms with Gasteiger partial charge in [-0.2, -0.15) is 0 Å². The summed E-state index contributed by atoms with van der Waals surface area (Å²) in [7, 11) is -1.86. The fraction of sp³-hybridized carbons (Fsp3) is 0.611. The second-order valence-electron chi connectivity index (χ2n) is 8.16. The molecule has 0 aliphatic carbocycles. The van der Waals surface area contributed by atoms with Crippen molar-refractivity contribution in [3.8, 4) is 0 Å². The molecule has 2 rings (SSSR count). The molecular formula is C18H27FN4O3Si. The van der Waals surface area contributed by atoms with Crippen LogP contribution in [0.2, 0.25) is 18.1 Å². The molecule has 0 bridgehead atoms. The van der Waals surface area contributed by atoms with Crippen LogP contribution in [0.4, 0.5) is 14.9 Å². The molecule has 0 saturated carbocycles. The highest BCUT2D eigenvalue weighted by molar-refractivity contribution is 6.74. The molecule has 0 unspecified atom stereocenters. The van der Waals surface area contributed by atoms with Gasteiger partial charge in [-0.3, -0.25) is 4.90 Å². The third-order valence-electron chi connectivity index (χ3n) is 5.21. The van der Waals surface area contributed by atoms with Crippen LogP contribution < -0.4 is 4.90 Å². The van der Waals surface area contributed by atoms with Gasteiger partial charge in [0, 0.05) is 11.5 Å². The summed E-state index contributed by atoms with van der Waals surface area (Å²) in [4.78, 5) is 16.0. The Morgan fingerprint density at radius 1 is 1.44 bits per heavy atom. The normalized spacial score (nSPS) is 17.6. The Morgan fingerprint density at radius 3 is 2.74 bits per heavy atom. The third-order valence-corrected chi connectivity index (χ3v) is 9.75. The lowest BCUT2D eigenvalue weighted by Crippen LogP contribution is -2.41. The molecule has 1 saturated heterocycles. The first-order chi connectivity index (χ1) is 12.5. The number of ether oxygens (including phenoxy) is 1. The van der Waals surface area contributed by atoms with Crippen molar-refractivity contribution >= 4 is 20.1 Å². The smallest absolute Gasteiger partial charge is 0.414 e. The zero-order chi connectivity index (χ0) is 20.2. The van der Waals surface area contributed by atoms with Crippen molar-refractivity contribution in [1.82, 2.24) is 0 Å². The number of benzene rings is 1. The van der Waals surface area contributed by atoms with Crippen LogP contribution >= 0.6 is 0 Å². The molecule has 0 N–H and O–H groups in total. The number of nitrogens with zero attached hydrogens (tertiary/aromatic N) is 4. The van der Waals surface area contributed by atoms with E-state index in [1.54, 1.807) is 12.1 Å². The van der Waals surface area contributed by atoms with E-state index in [1.165, 1.54) is 11.0 Å². The van der Waals surface area contributed by atoms with Gasteiger partial charge in [-0.25, -0.2) is 9.18 Å². The Hall–Kier alpha value is -2.09. The number of carbonyl (C=O) groups excluding carboxylic acids is 1. The van der Waals surface area contributed by atoms with Crippen molar-refractivity contribution in [1.29, 1.82) is 0 Å². The Morgan fingerprint density at radius 2 is 2.15 bits per heavy atom. The van der Waals surface area contributed by atoms with Crippen LogP contribution in [0.1, 0.15) is 26.3 Å². The molecule has 0 spiro atoms. The zero-order valence-corrected chi connectivity index (χ0v) is 17.5. The highest BCUT2D eigenvalue weighted by Gasteiger charge is 2.37. The van der Waals surface area contributed by atoms with E-state index >= 15 is 0 Å². The molecule has 1 atom stereocenters. The average molecular weight is 395 g/mol. The lowest BCUT2D eigenvalue weighted by molar-refractivity contribution is 0.145. The number of rotatable bonds is 7. The molecule has 1 aliphatic heterocycles. The summed E-state index contributed by atoms with van der Waals surface area (Å²) >= 11 is 0. The van der Waals surface area contributed by atoms with Crippen molar-refractivity contribution in [2.24, 2.45) is 5.11 Å². The van der Waals surface area contributed by atoms with Crippen LogP contribution in [-0.2, 0) is 15.6 Å². The molecule has 7 nitrogen and oxygen atoms in total. The first kappa shape index (κ1) is 21.2. The molecule has 1 aromatic rings. The number of anilines is 1. The Labute approximate surface area is 160 Å². The van der Waals surface area contributed by atoms with E-state index in [-0.39, 0.29) is 23.9 Å². The van der Waals surface area contributed by atoms with Crippen molar-refractivity contribution in [2.75, 3.05) is 24.6 Å². The van der Waals surface area contributed by atoms with Gasteiger partial charge in [-0.05, 0) is 47.8 Å². The molecule has 1 heterocycles. The van der Waals surface area contributed by atoms with E-state index in [1.807, 2.05) is 0 Å². The fourth-order valence-electron chi connectivity index (χ4n) is 2.49. The standard InChI is InChI=1S/C18H27FN4O3Si/c1-18(2,3)27(4,5)25-9-8-13-6-7-14(10-16(13)19)23-12-15(11-21-22-20)26-17(23)24/h6-7,10,15H,8-9,11-12H2,1-5H3/t15-/m0/s1. The van der Waals surface area contributed by atoms with Gasteiger partial charge in [0.1, 0.15) is 11.9 Å². The Bertz CT molecular complexity index is 745. The summed E-state index contributed by atoms with van der Waals surface area (Å²) in [6.45, 7) is 11.6. The van der Waals surface area contributed by atoms with Gasteiger partial charge in [0.25, 0.3) is 0 Å². The van der Waals surface area contributed by atoms with Crippen molar-refractivity contribution in [2.45, 2.75) is 51.4 Å². The van der Waals surface area contributed by atoms with Gasteiger partial charge in [-0.1, -0.05) is 32.0 Å². The van der Waals surface area contributed by atoms with Crippen LogP contribution in [0.5, 0.6) is 0 Å². The van der Waals surface area contributed by atoms with Crippen molar-refractivity contribution in [3.05, 3.63) is 40.0 Å². The largest absolute Gasteiger partial charge is 0.444 e. The van der Waals surface area contributed by atoms with Crippen molar-refractivity contribution < 1.29 is 18.3 Å². The van der Waals surface area contributed by atoms with Crippen LogP contribution in [-0.4, -0.2) is 40.2 Å². The molecule has 148 valence electrons. The third kappa shape index (κ3) is 5.21. The van der Waals surface area contributed by atoms with Gasteiger partial charge in [-0.15, -0.1) is 0 Å². The number of halogens is 1. The minimum absolute atomic E-state index is 0.0596. The van der Waals surface area contributed by atoms with E-state index in [2.05, 4.69) is 43.9 Å². The van der Waals surface area contributed by atoms with E-state index in [0.29, 0.717) is 24.3 Å². The lowest BCUT2D eigenvalue weighted by Gasteiger charge is -2.36. The maximum atomic E-state index is 14.5. The average Bonchev–Trinajstić information content (AvgIpc) is 2.94. The summed E-state index contributed by atoms with van der Waals surface area (Å²) < 4.78 is 25.7. The first-order valence-electron chi connectivity index (χ1n) is 8.96. The first-order valence-corrected chi connectivity index (χ1v) is 11.9. The number of hydrogen-bond donors (Lipinski definition) is 0. The molecule has 0 radical (unpaired) electrons. The quantitative estimate of drug-likeness (QED) is 0.281. The van der Waals surface area contributed by atoms with Gasteiger partial charge >= 0.3 is 6.09 Å². The van der Waals surface area contributed by atoms with E-state index < -0.39 is 20.5 Å². The summed E-state index contributed by atoms with van der Waals surface area (Å²) in [5, 5.41) is 3.52. The predicted molar refractivity (Wildman–Crippen MR) is 105 cm³/mol. The van der Waals surface area contributed by atoms with Gasteiger partial charge in [0.15, 0.2) is 8.32 Å². The van der Waals surface area contributed by atoms with Crippen molar-refractivity contribution in [3.63, 3.8) is 0 Å². The van der Waals surface area contributed by atoms with E-state index in [4.69, 9.17) is 14.7 Å². The minimum Gasteiger partial charge on any atom is -0.444 e. The molecule has 27 heavy (non-hydrogen) atoms. The molecule has 1 amide bonds. The summed E-state index contributed by atoms with van der Waals surface area (Å²) in [6, 6.07) is 4.70. The fourth-order valence-corrected chi connectivity index (χ4v) is 3.54. The highest BCUT2D eigenvalue weighted by Crippen LogP contribution is 2.36. The monoisotopic (exact) mass is 394 g/mol. The van der Waals surface area contributed by atoms with Gasteiger partial charge in [0.2, 0.25) is 0 Å². The SMILES string of the molecule is CC(C)(C)[Si](C)(C)OCCc1ccc(N2C[C@H](CN=[N+]=[N-])OC2=O)cc1F. The van der Waals surface area contributed by atoms with Crippen LogP contribution in [0, 0.1) is 5.82 Å².